The van der Waals surface area contributed by atoms with E-state index >= 15 is 0 Å². The molecule has 0 bridgehead atoms. The zero-order valence-electron chi connectivity index (χ0n) is 17.8. The van der Waals surface area contributed by atoms with E-state index in [0.29, 0.717) is 5.57 Å². The lowest BCUT2D eigenvalue weighted by Gasteiger charge is -2.38. The number of hydrogen-bond donors (Lipinski definition) is 1. The molecular weight excluding hydrogens is 406 g/mol. The van der Waals surface area contributed by atoms with Crippen molar-refractivity contribution in [3.05, 3.63) is 144 Å². The minimum absolute atomic E-state index is 0.0346. The first-order chi connectivity index (χ1) is 16.3. The highest BCUT2D eigenvalue weighted by molar-refractivity contribution is 6.37. The van der Waals surface area contributed by atoms with Crippen molar-refractivity contribution in [1.82, 2.24) is 5.43 Å². The fourth-order valence-corrected chi connectivity index (χ4v) is 5.29. The van der Waals surface area contributed by atoms with Gasteiger partial charge < -0.3 is 0 Å². The van der Waals surface area contributed by atoms with Gasteiger partial charge in [-0.05, 0) is 22.3 Å². The Morgan fingerprint density at radius 1 is 0.576 bits per heavy atom. The van der Waals surface area contributed by atoms with Gasteiger partial charge >= 0.3 is 0 Å². The fourth-order valence-electron chi connectivity index (χ4n) is 5.29. The maximum absolute atomic E-state index is 14.6. The standard InChI is InChI=1S/C29H21N3O/c33-27-25(21-13-5-1-6-14-21)26(22-15-7-2-8-16-22)28(23-17-9-3-10-18-23)29(27,31-32-30-28)24-19-11-4-12-20-24/h1-20H,(H,30,31)/t28-,29+/m0/s1. The van der Waals surface area contributed by atoms with E-state index in [4.69, 9.17) is 5.11 Å². The third kappa shape index (κ3) is 2.55. The molecule has 158 valence electrons. The number of nitrogens with zero attached hydrogens (tertiary/aromatic N) is 2. The second kappa shape index (κ2) is 7.38. The number of fused-ring (bicyclic) bond motifs is 1. The van der Waals surface area contributed by atoms with Crippen LogP contribution in [0, 0.1) is 0 Å². The number of rotatable bonds is 4. The van der Waals surface area contributed by atoms with Crippen molar-refractivity contribution in [1.29, 1.82) is 0 Å². The van der Waals surface area contributed by atoms with Crippen molar-refractivity contribution in [2.45, 2.75) is 11.1 Å². The van der Waals surface area contributed by atoms with Crippen LogP contribution in [0.25, 0.3) is 11.1 Å². The summed E-state index contributed by atoms with van der Waals surface area (Å²) in [6.07, 6.45) is 0. The monoisotopic (exact) mass is 427 g/mol. The molecular formula is C29H21N3O. The van der Waals surface area contributed by atoms with Crippen LogP contribution in [0.2, 0.25) is 0 Å². The second-order valence-electron chi connectivity index (χ2n) is 8.32. The molecule has 4 aromatic rings. The highest BCUT2D eigenvalue weighted by Gasteiger charge is 2.70. The topological polar surface area (TPSA) is 53.8 Å². The molecule has 0 aromatic heterocycles. The number of ketones is 1. The van der Waals surface area contributed by atoms with Crippen molar-refractivity contribution >= 4 is 16.9 Å². The lowest BCUT2D eigenvalue weighted by molar-refractivity contribution is -0.120. The quantitative estimate of drug-likeness (QED) is 0.438. The van der Waals surface area contributed by atoms with E-state index in [1.165, 1.54) is 0 Å². The van der Waals surface area contributed by atoms with Gasteiger partial charge in [-0.2, -0.15) is 5.11 Å². The van der Waals surface area contributed by atoms with E-state index in [9.17, 15) is 4.79 Å². The third-order valence-electron chi connectivity index (χ3n) is 6.66. The third-order valence-corrected chi connectivity index (χ3v) is 6.66. The van der Waals surface area contributed by atoms with E-state index in [1.807, 2.05) is 121 Å². The number of carbonyl (C=O) groups excluding carboxylic acids is 1. The summed E-state index contributed by atoms with van der Waals surface area (Å²) in [5.41, 5.74) is 6.07. The van der Waals surface area contributed by atoms with Crippen LogP contribution in [0.3, 0.4) is 0 Å². The molecule has 2 aliphatic rings. The second-order valence-corrected chi connectivity index (χ2v) is 8.32. The summed E-state index contributed by atoms with van der Waals surface area (Å²) in [6.45, 7) is 0. The molecule has 0 amide bonds. The highest BCUT2D eigenvalue weighted by atomic mass is 16.1. The molecule has 6 rings (SSSR count). The SMILES string of the molecule is O=C1C(c2ccccc2)=C(c2ccccc2)[C@]2(c3ccccc3)N=NN[C@]12c1ccccc1. The Bertz CT molecular complexity index is 1380. The summed E-state index contributed by atoms with van der Waals surface area (Å²) in [5.74, 6) is -0.0346. The van der Waals surface area contributed by atoms with Gasteiger partial charge in [0.25, 0.3) is 0 Å². The van der Waals surface area contributed by atoms with E-state index in [-0.39, 0.29) is 5.78 Å². The predicted molar refractivity (Wildman–Crippen MR) is 129 cm³/mol. The largest absolute Gasteiger partial charge is 0.291 e. The van der Waals surface area contributed by atoms with Crippen LogP contribution in [-0.2, 0) is 15.9 Å². The van der Waals surface area contributed by atoms with Crippen LogP contribution in [0.5, 0.6) is 0 Å². The van der Waals surface area contributed by atoms with E-state index in [0.717, 1.165) is 27.8 Å². The summed E-state index contributed by atoms with van der Waals surface area (Å²) in [7, 11) is 0. The zero-order chi connectivity index (χ0) is 22.3. The van der Waals surface area contributed by atoms with E-state index in [2.05, 4.69) is 10.6 Å². The summed E-state index contributed by atoms with van der Waals surface area (Å²) < 4.78 is 0. The lowest BCUT2D eigenvalue weighted by Crippen LogP contribution is -2.54. The molecule has 0 saturated carbocycles. The number of Topliss-reactive ketones (excluding diaryl/α,β-unsaturated/α-hetero) is 1. The van der Waals surface area contributed by atoms with Gasteiger partial charge in [-0.15, -0.1) is 0 Å². The first kappa shape index (κ1) is 19.4. The molecule has 0 spiro atoms. The normalized spacial score (nSPS) is 23.5. The number of nitrogens with one attached hydrogen (secondary N) is 1. The number of benzene rings is 4. The maximum Gasteiger partial charge on any atom is 0.198 e. The molecule has 2 atom stereocenters. The average Bonchev–Trinajstić information content (AvgIpc) is 3.39. The van der Waals surface area contributed by atoms with Crippen LogP contribution >= 0.6 is 0 Å². The Morgan fingerprint density at radius 3 is 1.64 bits per heavy atom. The zero-order valence-corrected chi connectivity index (χ0v) is 17.8. The summed E-state index contributed by atoms with van der Waals surface area (Å²) in [5, 5.41) is 9.21. The fraction of sp³-hybridized carbons (Fsp3) is 0.0690. The Balaban J connectivity index is 1.79. The smallest absolute Gasteiger partial charge is 0.198 e. The van der Waals surface area contributed by atoms with Gasteiger partial charge in [0.1, 0.15) is 0 Å². The van der Waals surface area contributed by atoms with Crippen LogP contribution < -0.4 is 5.43 Å². The van der Waals surface area contributed by atoms with Gasteiger partial charge in [0.05, 0.1) is 0 Å². The van der Waals surface area contributed by atoms with Gasteiger partial charge in [-0.3, -0.25) is 10.2 Å². The molecule has 4 aromatic carbocycles. The first-order valence-electron chi connectivity index (χ1n) is 11.0. The Hall–Kier alpha value is -4.31. The van der Waals surface area contributed by atoms with Crippen LogP contribution in [0.15, 0.2) is 132 Å². The van der Waals surface area contributed by atoms with Gasteiger partial charge in [-0.1, -0.05) is 127 Å². The van der Waals surface area contributed by atoms with Crippen molar-refractivity contribution in [3.8, 4) is 0 Å². The Morgan fingerprint density at radius 2 is 1.06 bits per heavy atom. The van der Waals surface area contributed by atoms with Crippen molar-refractivity contribution in [2.24, 2.45) is 10.3 Å². The van der Waals surface area contributed by atoms with Crippen LogP contribution in [-0.4, -0.2) is 5.78 Å². The lowest BCUT2D eigenvalue weighted by atomic mass is 9.67. The Labute approximate surface area is 192 Å². The maximum atomic E-state index is 14.6. The summed E-state index contributed by atoms with van der Waals surface area (Å²) >= 11 is 0. The minimum atomic E-state index is -1.19. The number of carbonyl (C=O) groups is 1. The minimum Gasteiger partial charge on any atom is -0.291 e. The summed E-state index contributed by atoms with van der Waals surface area (Å²) in [4.78, 5) is 14.6. The molecule has 1 aliphatic heterocycles. The van der Waals surface area contributed by atoms with Crippen molar-refractivity contribution in [2.75, 3.05) is 0 Å². The molecule has 0 radical (unpaired) electrons. The molecule has 33 heavy (non-hydrogen) atoms. The molecule has 0 unspecified atom stereocenters. The summed E-state index contributed by atoms with van der Waals surface area (Å²) in [6, 6.07) is 39.8. The molecule has 1 N–H and O–H groups in total. The molecule has 4 heteroatoms. The van der Waals surface area contributed by atoms with Crippen LogP contribution in [0.1, 0.15) is 22.3 Å². The average molecular weight is 428 g/mol. The molecule has 4 nitrogen and oxygen atoms in total. The number of hydrogen-bond acceptors (Lipinski definition) is 4. The molecule has 1 aliphatic carbocycles. The van der Waals surface area contributed by atoms with Gasteiger partial charge in [0.15, 0.2) is 16.9 Å². The molecule has 0 saturated heterocycles. The van der Waals surface area contributed by atoms with Gasteiger partial charge in [0.2, 0.25) is 0 Å². The van der Waals surface area contributed by atoms with E-state index in [1.54, 1.807) is 0 Å². The molecule has 1 heterocycles. The van der Waals surface area contributed by atoms with Gasteiger partial charge in [-0.25, -0.2) is 0 Å². The van der Waals surface area contributed by atoms with Gasteiger partial charge in [0, 0.05) is 11.1 Å². The highest BCUT2D eigenvalue weighted by Crippen LogP contribution is 2.63. The molecule has 0 fully saturated rings. The van der Waals surface area contributed by atoms with E-state index < -0.39 is 11.1 Å². The first-order valence-corrected chi connectivity index (χ1v) is 11.0. The Kier molecular flexibility index (Phi) is 4.34. The van der Waals surface area contributed by atoms with Crippen molar-refractivity contribution < 1.29 is 4.79 Å². The predicted octanol–water partition coefficient (Wildman–Crippen LogP) is 5.94. The van der Waals surface area contributed by atoms with Crippen molar-refractivity contribution in [3.63, 3.8) is 0 Å². The van der Waals surface area contributed by atoms with Crippen LogP contribution in [0.4, 0.5) is 0 Å².